The van der Waals surface area contributed by atoms with Crippen molar-refractivity contribution in [2.45, 2.75) is 83.2 Å². The van der Waals surface area contributed by atoms with Crippen molar-refractivity contribution in [1.29, 1.82) is 0 Å². The molecule has 10 nitrogen and oxygen atoms in total. The second-order valence-electron chi connectivity index (χ2n) is 12.0. The smallest absolute Gasteiger partial charge is 0.291 e. The summed E-state index contributed by atoms with van der Waals surface area (Å²) in [7, 11) is 0. The maximum absolute atomic E-state index is 14.8. The number of rotatable bonds is 9. The van der Waals surface area contributed by atoms with Gasteiger partial charge in [-0.05, 0) is 48.9 Å². The van der Waals surface area contributed by atoms with Crippen molar-refractivity contribution in [2.24, 2.45) is 29.1 Å². The van der Waals surface area contributed by atoms with Crippen molar-refractivity contribution < 1.29 is 32.8 Å². The van der Waals surface area contributed by atoms with E-state index in [1.807, 2.05) is 20.8 Å². The molecule has 7 atom stereocenters. The predicted molar refractivity (Wildman–Crippen MR) is 137 cm³/mol. The molecule has 3 unspecified atom stereocenters. The fourth-order valence-corrected chi connectivity index (χ4v) is 6.32. The molecule has 3 N–H and O–H groups in total. The molecule has 13 heteroatoms. The highest BCUT2D eigenvalue weighted by molar-refractivity contribution is 6.29. The summed E-state index contributed by atoms with van der Waals surface area (Å²) in [6, 6.07) is -2.05. The van der Waals surface area contributed by atoms with Crippen LogP contribution in [0.25, 0.3) is 0 Å². The number of hydrazine groups is 1. The minimum absolute atomic E-state index is 0.00338. The largest absolute Gasteiger partial charge is 0.356 e. The first-order valence-corrected chi connectivity index (χ1v) is 14.1. The van der Waals surface area contributed by atoms with Crippen LogP contribution >= 0.6 is 11.6 Å². The summed E-state index contributed by atoms with van der Waals surface area (Å²) in [5, 5.41) is 5.96. The Morgan fingerprint density at radius 3 is 2.44 bits per heavy atom. The maximum Gasteiger partial charge on any atom is 0.291 e. The van der Waals surface area contributed by atoms with Gasteiger partial charge < -0.3 is 15.5 Å². The Kier molecular flexibility index (Phi) is 8.18. The monoisotopic (exact) mass is 573 g/mol. The molecule has 2 aliphatic heterocycles. The number of amides is 5. The number of carbonyl (C=O) groups is 5. The van der Waals surface area contributed by atoms with Gasteiger partial charge in [0.2, 0.25) is 11.8 Å². The molecule has 4 rings (SSSR count). The Bertz CT molecular complexity index is 1040. The summed E-state index contributed by atoms with van der Waals surface area (Å²) >= 11 is 5.40. The normalized spacial score (nSPS) is 30.2. The lowest BCUT2D eigenvalue weighted by molar-refractivity contribution is -0.151. The van der Waals surface area contributed by atoms with Gasteiger partial charge >= 0.3 is 0 Å². The number of nitrogens with zero attached hydrogens (tertiary/aromatic N) is 2. The fraction of sp³-hybridized carbons (Fsp3) is 0.808. The molecule has 39 heavy (non-hydrogen) atoms. The van der Waals surface area contributed by atoms with Crippen molar-refractivity contribution in [3.63, 3.8) is 0 Å². The van der Waals surface area contributed by atoms with Gasteiger partial charge in [0, 0.05) is 13.1 Å². The SMILES string of the molecule is CCC(C)C(NC(=O)C1(F)CCC1)C(=O)N1C[C@H]2[C@@H]([C@H]1C(=O)NN(C[C@@H]1CCNC1=O)C(=O)C(F)Cl)C2(C)C. The van der Waals surface area contributed by atoms with Gasteiger partial charge in [0.15, 0.2) is 5.67 Å². The van der Waals surface area contributed by atoms with Crippen LogP contribution in [-0.2, 0) is 24.0 Å². The molecule has 0 aromatic rings. The van der Waals surface area contributed by atoms with Gasteiger partial charge in [-0.25, -0.2) is 13.8 Å². The molecule has 0 spiro atoms. The van der Waals surface area contributed by atoms with Crippen LogP contribution in [0, 0.1) is 29.1 Å². The fourth-order valence-electron chi connectivity index (χ4n) is 6.21. The summed E-state index contributed by atoms with van der Waals surface area (Å²) < 4.78 is 28.6. The van der Waals surface area contributed by atoms with E-state index in [4.69, 9.17) is 11.6 Å². The van der Waals surface area contributed by atoms with E-state index in [0.717, 1.165) is 5.01 Å². The van der Waals surface area contributed by atoms with Crippen LogP contribution in [0.5, 0.6) is 0 Å². The first kappa shape index (κ1) is 29.5. The van der Waals surface area contributed by atoms with Crippen LogP contribution in [-0.4, -0.2) is 82.5 Å². The molecule has 0 aromatic heterocycles. The highest BCUT2D eigenvalue weighted by Gasteiger charge is 2.70. The van der Waals surface area contributed by atoms with Gasteiger partial charge in [-0.15, -0.1) is 0 Å². The molecule has 218 valence electrons. The lowest BCUT2D eigenvalue weighted by atomic mass is 9.81. The number of hydrogen-bond acceptors (Lipinski definition) is 5. The van der Waals surface area contributed by atoms with Crippen LogP contribution in [0.2, 0.25) is 0 Å². The first-order chi connectivity index (χ1) is 18.2. The lowest BCUT2D eigenvalue weighted by Crippen LogP contribution is -2.62. The molecular weight excluding hydrogens is 536 g/mol. The van der Waals surface area contributed by atoms with Crippen LogP contribution in [0.3, 0.4) is 0 Å². The number of hydrogen-bond donors (Lipinski definition) is 3. The molecule has 5 amide bonds. The van der Waals surface area contributed by atoms with Crippen molar-refractivity contribution in [3.8, 4) is 0 Å². The summed E-state index contributed by atoms with van der Waals surface area (Å²) in [6.07, 6.45) is 1.73. The summed E-state index contributed by atoms with van der Waals surface area (Å²) in [5.41, 5.74) is -2.26. The quantitative estimate of drug-likeness (QED) is 0.284. The number of fused-ring (bicyclic) bond motifs is 1. The van der Waals surface area contributed by atoms with E-state index in [1.165, 1.54) is 4.90 Å². The second kappa shape index (κ2) is 10.8. The molecule has 2 saturated heterocycles. The highest BCUT2D eigenvalue weighted by atomic mass is 35.5. The van der Waals surface area contributed by atoms with E-state index in [9.17, 15) is 32.8 Å². The number of likely N-dealkylation sites (tertiary alicyclic amines) is 1. The Balaban J connectivity index is 1.55. The molecule has 2 saturated carbocycles. The minimum atomic E-state index is -2.44. The minimum Gasteiger partial charge on any atom is -0.356 e. The zero-order valence-corrected chi connectivity index (χ0v) is 23.5. The van der Waals surface area contributed by atoms with Gasteiger partial charge in [-0.2, -0.15) is 0 Å². The van der Waals surface area contributed by atoms with Gasteiger partial charge in [0.1, 0.15) is 12.1 Å². The van der Waals surface area contributed by atoms with Crippen LogP contribution < -0.4 is 16.1 Å². The molecule has 2 heterocycles. The Morgan fingerprint density at radius 2 is 1.92 bits per heavy atom. The van der Waals surface area contributed by atoms with Crippen molar-refractivity contribution in [3.05, 3.63) is 0 Å². The van der Waals surface area contributed by atoms with E-state index < -0.39 is 52.9 Å². The molecular formula is C26H38ClF2N5O5. The second-order valence-corrected chi connectivity index (χ2v) is 12.4. The summed E-state index contributed by atoms with van der Waals surface area (Å²) in [4.78, 5) is 66.2. The third kappa shape index (κ3) is 5.45. The van der Waals surface area contributed by atoms with E-state index in [0.29, 0.717) is 25.8 Å². The number of nitrogens with one attached hydrogen (secondary N) is 3. The summed E-state index contributed by atoms with van der Waals surface area (Å²) in [5.74, 6) is -4.79. The Hall–Kier alpha value is -2.50. The van der Waals surface area contributed by atoms with Gasteiger partial charge in [-0.1, -0.05) is 45.7 Å². The molecule has 4 aliphatic rings. The number of piperidine rings is 1. The van der Waals surface area contributed by atoms with E-state index in [1.54, 1.807) is 6.92 Å². The highest BCUT2D eigenvalue weighted by Crippen LogP contribution is 2.65. The predicted octanol–water partition coefficient (Wildman–Crippen LogP) is 1.42. The van der Waals surface area contributed by atoms with Gasteiger partial charge in [0.25, 0.3) is 23.4 Å². The van der Waals surface area contributed by atoms with Crippen molar-refractivity contribution in [1.82, 2.24) is 26.0 Å². The lowest BCUT2D eigenvalue weighted by Gasteiger charge is -2.38. The Morgan fingerprint density at radius 1 is 1.26 bits per heavy atom. The summed E-state index contributed by atoms with van der Waals surface area (Å²) in [6.45, 7) is 7.95. The van der Waals surface area contributed by atoms with Gasteiger partial charge in [0.05, 0.1) is 12.5 Å². The first-order valence-electron chi connectivity index (χ1n) is 13.7. The molecule has 0 aromatic carbocycles. The van der Waals surface area contributed by atoms with E-state index in [-0.39, 0.29) is 55.0 Å². The van der Waals surface area contributed by atoms with E-state index >= 15 is 0 Å². The average Bonchev–Trinajstić information content (AvgIpc) is 3.22. The molecule has 4 fully saturated rings. The standard InChI is InChI=1S/C26H38ClF2N5O5/c1-5-13(2)17(31-24(39)26(29)8-6-9-26)22(37)33-12-15-16(25(15,3)4)18(33)21(36)32-34(23(38)19(27)28)11-14-7-10-30-20(14)35/h13-19H,5-12H2,1-4H3,(H,30,35)(H,31,39)(H,32,36)/t13?,14-,15-,16-,17?,18-,19?/m0/s1. The Labute approximate surface area is 231 Å². The molecule has 2 aliphatic carbocycles. The van der Waals surface area contributed by atoms with Crippen LogP contribution in [0.15, 0.2) is 0 Å². The third-order valence-corrected chi connectivity index (χ3v) is 9.53. The van der Waals surface area contributed by atoms with E-state index in [2.05, 4.69) is 16.1 Å². The third-order valence-electron chi connectivity index (χ3n) is 9.34. The van der Waals surface area contributed by atoms with Gasteiger partial charge in [-0.3, -0.25) is 29.4 Å². The van der Waals surface area contributed by atoms with Crippen molar-refractivity contribution in [2.75, 3.05) is 19.6 Å². The maximum atomic E-state index is 14.8. The molecule has 0 radical (unpaired) electrons. The zero-order valence-electron chi connectivity index (χ0n) is 22.8. The zero-order chi connectivity index (χ0) is 28.9. The topological polar surface area (TPSA) is 128 Å². The number of carbonyl (C=O) groups excluding carboxylic acids is 5. The van der Waals surface area contributed by atoms with Crippen LogP contribution in [0.1, 0.15) is 59.8 Å². The van der Waals surface area contributed by atoms with Crippen molar-refractivity contribution >= 4 is 41.1 Å². The number of halogens is 3. The number of alkyl halides is 3. The average molecular weight is 574 g/mol. The molecule has 0 bridgehead atoms. The van der Waals surface area contributed by atoms with Crippen LogP contribution in [0.4, 0.5) is 8.78 Å².